The summed E-state index contributed by atoms with van der Waals surface area (Å²) in [5, 5.41) is 6.38. The monoisotopic (exact) mass is 414 g/mol. The minimum Gasteiger partial charge on any atom is -0.488 e. The van der Waals surface area contributed by atoms with Crippen LogP contribution in [0.2, 0.25) is 0 Å². The van der Waals surface area contributed by atoms with Crippen molar-refractivity contribution in [2.45, 2.75) is 26.4 Å². The van der Waals surface area contributed by atoms with Gasteiger partial charge < -0.3 is 19.8 Å². The third-order valence-corrected chi connectivity index (χ3v) is 4.05. The Balaban J connectivity index is 1.59. The van der Waals surface area contributed by atoms with E-state index in [9.17, 15) is 8.78 Å². The van der Waals surface area contributed by atoms with Gasteiger partial charge in [-0.2, -0.15) is 0 Å². The minimum absolute atomic E-state index is 0.370. The number of rotatable bonds is 9. The molecule has 8 heteroatoms. The van der Waals surface area contributed by atoms with E-state index in [0.717, 1.165) is 16.8 Å². The Morgan fingerprint density at radius 3 is 2.73 bits per heavy atom. The quantitative estimate of drug-likeness (QED) is 0.405. The molecule has 0 atom stereocenters. The summed E-state index contributed by atoms with van der Waals surface area (Å²) in [6.07, 6.45) is -0.891. The van der Waals surface area contributed by atoms with E-state index in [4.69, 9.17) is 9.15 Å². The van der Waals surface area contributed by atoms with Crippen LogP contribution in [0.25, 0.3) is 11.5 Å². The van der Waals surface area contributed by atoms with Gasteiger partial charge in [0.15, 0.2) is 5.96 Å². The van der Waals surface area contributed by atoms with Crippen molar-refractivity contribution in [3.8, 4) is 17.2 Å². The lowest BCUT2D eigenvalue weighted by Gasteiger charge is -2.10. The van der Waals surface area contributed by atoms with Gasteiger partial charge >= 0.3 is 0 Å². The van der Waals surface area contributed by atoms with Crippen LogP contribution >= 0.6 is 0 Å². The molecular weight excluding hydrogens is 390 g/mol. The smallest absolute Gasteiger partial charge is 0.272 e. The third-order valence-electron chi connectivity index (χ3n) is 4.05. The molecule has 0 aliphatic rings. The Labute approximate surface area is 174 Å². The van der Waals surface area contributed by atoms with Crippen LogP contribution < -0.4 is 15.4 Å². The molecule has 0 saturated carbocycles. The molecule has 3 aromatic rings. The molecule has 1 heterocycles. The van der Waals surface area contributed by atoms with Crippen molar-refractivity contribution in [3.05, 3.63) is 72.1 Å². The number of hydrogen-bond acceptors (Lipinski definition) is 4. The maximum absolute atomic E-state index is 12.3. The number of benzene rings is 2. The zero-order valence-electron chi connectivity index (χ0n) is 16.6. The van der Waals surface area contributed by atoms with E-state index in [0.29, 0.717) is 37.2 Å². The minimum atomic E-state index is -2.50. The number of halogens is 2. The van der Waals surface area contributed by atoms with E-state index >= 15 is 0 Å². The van der Waals surface area contributed by atoms with Crippen molar-refractivity contribution in [2.75, 3.05) is 13.2 Å². The van der Waals surface area contributed by atoms with E-state index in [2.05, 4.69) is 20.6 Å². The van der Waals surface area contributed by atoms with Crippen LogP contribution in [-0.4, -0.2) is 30.5 Å². The van der Waals surface area contributed by atoms with E-state index < -0.39 is 13.0 Å². The SMILES string of the molecule is CCNC(=NCc1cccc(OCC(F)F)c1)NCc1coc(-c2ccccc2)n1. The highest BCUT2D eigenvalue weighted by Gasteiger charge is 2.07. The first-order valence-corrected chi connectivity index (χ1v) is 9.66. The molecule has 0 amide bonds. The highest BCUT2D eigenvalue weighted by atomic mass is 19.3. The van der Waals surface area contributed by atoms with Gasteiger partial charge in [0.25, 0.3) is 6.43 Å². The second kappa shape index (κ2) is 10.9. The van der Waals surface area contributed by atoms with Gasteiger partial charge in [-0.05, 0) is 36.8 Å². The van der Waals surface area contributed by atoms with Crippen LogP contribution in [-0.2, 0) is 13.1 Å². The molecule has 0 aliphatic heterocycles. The van der Waals surface area contributed by atoms with Crippen molar-refractivity contribution >= 4 is 5.96 Å². The second-order valence-electron chi connectivity index (χ2n) is 6.41. The van der Waals surface area contributed by atoms with E-state index in [-0.39, 0.29) is 0 Å². The summed E-state index contributed by atoms with van der Waals surface area (Å²) in [5.41, 5.74) is 2.52. The molecular formula is C22H24F2N4O2. The lowest BCUT2D eigenvalue weighted by molar-refractivity contribution is 0.0818. The second-order valence-corrected chi connectivity index (χ2v) is 6.41. The average Bonchev–Trinajstić information content (AvgIpc) is 3.24. The van der Waals surface area contributed by atoms with Gasteiger partial charge in [-0.3, -0.25) is 0 Å². The number of aromatic nitrogens is 1. The van der Waals surface area contributed by atoms with Crippen molar-refractivity contribution in [1.82, 2.24) is 15.6 Å². The van der Waals surface area contributed by atoms with Crippen LogP contribution in [0.4, 0.5) is 8.78 Å². The summed E-state index contributed by atoms with van der Waals surface area (Å²) in [6.45, 7) is 2.85. The topological polar surface area (TPSA) is 71.7 Å². The van der Waals surface area contributed by atoms with Gasteiger partial charge in [0.1, 0.15) is 18.6 Å². The molecule has 2 N–H and O–H groups in total. The first-order chi connectivity index (χ1) is 14.6. The Hall–Kier alpha value is -3.42. The summed E-state index contributed by atoms with van der Waals surface area (Å²) in [5.74, 6) is 1.58. The molecule has 2 aromatic carbocycles. The molecule has 158 valence electrons. The lowest BCUT2D eigenvalue weighted by Crippen LogP contribution is -2.36. The normalized spacial score (nSPS) is 11.5. The molecule has 30 heavy (non-hydrogen) atoms. The maximum Gasteiger partial charge on any atom is 0.272 e. The number of hydrogen-bond donors (Lipinski definition) is 2. The van der Waals surface area contributed by atoms with Crippen LogP contribution in [0.3, 0.4) is 0 Å². The summed E-state index contributed by atoms with van der Waals surface area (Å²) in [6, 6.07) is 16.7. The molecule has 1 aromatic heterocycles. The number of alkyl halides is 2. The Kier molecular flexibility index (Phi) is 7.77. The summed E-state index contributed by atoms with van der Waals surface area (Å²) >= 11 is 0. The highest BCUT2D eigenvalue weighted by molar-refractivity contribution is 5.79. The fraction of sp³-hybridized carbons (Fsp3) is 0.273. The molecule has 0 saturated heterocycles. The average molecular weight is 414 g/mol. The Morgan fingerprint density at radius 2 is 1.97 bits per heavy atom. The first-order valence-electron chi connectivity index (χ1n) is 9.66. The molecule has 0 aliphatic carbocycles. The zero-order chi connectivity index (χ0) is 21.2. The van der Waals surface area contributed by atoms with Crippen LogP contribution in [0.5, 0.6) is 5.75 Å². The number of nitrogens with zero attached hydrogens (tertiary/aromatic N) is 2. The van der Waals surface area contributed by atoms with Gasteiger partial charge in [-0.1, -0.05) is 30.3 Å². The van der Waals surface area contributed by atoms with Crippen LogP contribution in [0, 0.1) is 0 Å². The fourth-order valence-electron chi connectivity index (χ4n) is 2.68. The van der Waals surface area contributed by atoms with Gasteiger partial charge in [0, 0.05) is 12.1 Å². The molecule has 0 radical (unpaired) electrons. The van der Waals surface area contributed by atoms with Crippen LogP contribution in [0.1, 0.15) is 18.2 Å². The number of oxazole rings is 1. The van der Waals surface area contributed by atoms with Crippen molar-refractivity contribution in [2.24, 2.45) is 4.99 Å². The first kappa shape index (κ1) is 21.3. The zero-order valence-corrected chi connectivity index (χ0v) is 16.6. The standard InChI is InChI=1S/C22H24F2N4O2/c1-2-25-22(26-12-16-7-6-10-19(11-16)29-15-20(23)24)27-13-18-14-30-21(28-18)17-8-4-3-5-9-17/h3-11,14,20H,2,12-13,15H2,1H3,(H2,25,26,27). The molecule has 0 unspecified atom stereocenters. The molecule has 0 bridgehead atoms. The number of nitrogens with one attached hydrogen (secondary N) is 2. The largest absolute Gasteiger partial charge is 0.488 e. The van der Waals surface area contributed by atoms with E-state index in [1.165, 1.54) is 0 Å². The predicted molar refractivity (Wildman–Crippen MR) is 112 cm³/mol. The van der Waals surface area contributed by atoms with Crippen molar-refractivity contribution in [1.29, 1.82) is 0 Å². The van der Waals surface area contributed by atoms with Gasteiger partial charge in [0.2, 0.25) is 5.89 Å². The maximum atomic E-state index is 12.3. The fourth-order valence-corrected chi connectivity index (χ4v) is 2.68. The summed E-state index contributed by atoms with van der Waals surface area (Å²) in [7, 11) is 0. The molecule has 6 nitrogen and oxygen atoms in total. The Morgan fingerprint density at radius 1 is 1.13 bits per heavy atom. The molecule has 3 rings (SSSR count). The van der Waals surface area contributed by atoms with E-state index in [1.807, 2.05) is 43.3 Å². The van der Waals surface area contributed by atoms with Crippen LogP contribution in [0.15, 0.2) is 70.3 Å². The van der Waals surface area contributed by atoms with Gasteiger partial charge in [-0.15, -0.1) is 0 Å². The van der Waals surface area contributed by atoms with Gasteiger partial charge in [-0.25, -0.2) is 18.8 Å². The highest BCUT2D eigenvalue weighted by Crippen LogP contribution is 2.18. The molecule has 0 spiro atoms. The van der Waals surface area contributed by atoms with Gasteiger partial charge in [0.05, 0.1) is 18.8 Å². The van der Waals surface area contributed by atoms with Crippen molar-refractivity contribution in [3.63, 3.8) is 0 Å². The predicted octanol–water partition coefficient (Wildman–Crippen LogP) is 4.24. The number of ether oxygens (including phenoxy) is 1. The number of aliphatic imine (C=N–C) groups is 1. The number of guanidine groups is 1. The lowest BCUT2D eigenvalue weighted by atomic mass is 10.2. The third kappa shape index (κ3) is 6.58. The molecule has 0 fully saturated rings. The Bertz CT molecular complexity index is 945. The van der Waals surface area contributed by atoms with Crippen molar-refractivity contribution < 1.29 is 17.9 Å². The van der Waals surface area contributed by atoms with E-state index in [1.54, 1.807) is 24.5 Å². The summed E-state index contributed by atoms with van der Waals surface area (Å²) < 4.78 is 35.2. The summed E-state index contributed by atoms with van der Waals surface area (Å²) in [4.78, 5) is 9.02.